The summed E-state index contributed by atoms with van der Waals surface area (Å²) < 4.78 is 13.0. The number of nitrogens with zero attached hydrogens (tertiary/aromatic N) is 3. The summed E-state index contributed by atoms with van der Waals surface area (Å²) in [6.45, 7) is 9.00. The maximum Gasteiger partial charge on any atom is 0.269 e. The van der Waals surface area contributed by atoms with Gasteiger partial charge in [-0.3, -0.25) is 14.8 Å². The van der Waals surface area contributed by atoms with E-state index in [1.54, 1.807) is 18.2 Å². The lowest BCUT2D eigenvalue weighted by Crippen LogP contribution is -2.48. The van der Waals surface area contributed by atoms with Crippen LogP contribution in [0, 0.1) is 5.82 Å². The predicted octanol–water partition coefficient (Wildman–Crippen LogP) is 1.58. The summed E-state index contributed by atoms with van der Waals surface area (Å²) in [5.74, 6) is -0.468. The third-order valence-corrected chi connectivity index (χ3v) is 4.59. The van der Waals surface area contributed by atoms with Crippen LogP contribution in [0.2, 0.25) is 0 Å². The van der Waals surface area contributed by atoms with E-state index in [1.165, 1.54) is 12.1 Å². The number of amides is 1. The Labute approximate surface area is 147 Å². The summed E-state index contributed by atoms with van der Waals surface area (Å²) >= 11 is 0. The topological polar surface area (TPSA) is 64.3 Å². The standard InChI is InChI=1S/C18H24FN5O/c1-2-23-9-11-24(12-10-23)8-7-20-18(25)17-13-16(21-22-17)14-3-5-15(19)6-4-14/h3-6,13H,2,7-12H2,1H3,(H,20,25)(H,21,22). The largest absolute Gasteiger partial charge is 0.349 e. The maximum absolute atomic E-state index is 13.0. The number of piperazine rings is 1. The zero-order valence-corrected chi connectivity index (χ0v) is 14.5. The van der Waals surface area contributed by atoms with Crippen molar-refractivity contribution in [2.75, 3.05) is 45.8 Å². The molecule has 0 saturated carbocycles. The first-order valence-corrected chi connectivity index (χ1v) is 8.70. The van der Waals surface area contributed by atoms with Crippen LogP contribution in [-0.2, 0) is 0 Å². The second-order valence-electron chi connectivity index (χ2n) is 6.21. The van der Waals surface area contributed by atoms with Crippen molar-refractivity contribution in [1.82, 2.24) is 25.3 Å². The van der Waals surface area contributed by atoms with Crippen LogP contribution in [0.3, 0.4) is 0 Å². The molecule has 0 bridgehead atoms. The molecule has 2 N–H and O–H groups in total. The quantitative estimate of drug-likeness (QED) is 0.834. The maximum atomic E-state index is 13.0. The van der Waals surface area contributed by atoms with E-state index in [-0.39, 0.29) is 11.7 Å². The monoisotopic (exact) mass is 345 g/mol. The molecule has 25 heavy (non-hydrogen) atoms. The smallest absolute Gasteiger partial charge is 0.269 e. The molecular formula is C18H24FN5O. The van der Waals surface area contributed by atoms with E-state index < -0.39 is 0 Å². The fourth-order valence-corrected chi connectivity index (χ4v) is 2.96. The summed E-state index contributed by atoms with van der Waals surface area (Å²) in [5, 5.41) is 9.79. The van der Waals surface area contributed by atoms with Gasteiger partial charge in [0.25, 0.3) is 5.91 Å². The van der Waals surface area contributed by atoms with Crippen LogP contribution in [0.5, 0.6) is 0 Å². The van der Waals surface area contributed by atoms with Crippen molar-refractivity contribution in [3.63, 3.8) is 0 Å². The lowest BCUT2D eigenvalue weighted by Gasteiger charge is -2.33. The van der Waals surface area contributed by atoms with Gasteiger partial charge in [0.05, 0.1) is 5.69 Å². The number of halogens is 1. The van der Waals surface area contributed by atoms with Crippen molar-refractivity contribution in [3.8, 4) is 11.3 Å². The Morgan fingerprint density at radius 2 is 1.88 bits per heavy atom. The molecule has 1 aromatic carbocycles. The molecule has 0 atom stereocenters. The van der Waals surface area contributed by atoms with Gasteiger partial charge >= 0.3 is 0 Å². The zero-order chi connectivity index (χ0) is 17.6. The van der Waals surface area contributed by atoms with E-state index in [1.807, 2.05) is 0 Å². The molecule has 134 valence electrons. The average Bonchev–Trinajstić information content (AvgIpc) is 3.13. The van der Waals surface area contributed by atoms with E-state index in [0.717, 1.165) is 44.8 Å². The third-order valence-electron chi connectivity index (χ3n) is 4.59. The summed E-state index contributed by atoms with van der Waals surface area (Å²) in [7, 11) is 0. The molecule has 0 radical (unpaired) electrons. The Hall–Kier alpha value is -2.25. The van der Waals surface area contributed by atoms with Crippen LogP contribution in [0.1, 0.15) is 17.4 Å². The van der Waals surface area contributed by atoms with Crippen LogP contribution in [0.4, 0.5) is 4.39 Å². The summed E-state index contributed by atoms with van der Waals surface area (Å²) in [5.41, 5.74) is 1.81. The van der Waals surface area contributed by atoms with Crippen molar-refractivity contribution in [3.05, 3.63) is 41.8 Å². The van der Waals surface area contributed by atoms with Crippen LogP contribution < -0.4 is 5.32 Å². The predicted molar refractivity (Wildman–Crippen MR) is 94.9 cm³/mol. The van der Waals surface area contributed by atoms with Crippen molar-refractivity contribution in [2.24, 2.45) is 0 Å². The number of aromatic amines is 1. The van der Waals surface area contributed by atoms with Gasteiger partial charge in [-0.1, -0.05) is 6.92 Å². The highest BCUT2D eigenvalue weighted by Gasteiger charge is 2.16. The van der Waals surface area contributed by atoms with E-state index in [9.17, 15) is 9.18 Å². The second kappa shape index (κ2) is 8.22. The number of likely N-dealkylation sites (N-methyl/N-ethyl adjacent to an activating group) is 1. The molecule has 0 spiro atoms. The number of carbonyl (C=O) groups excluding carboxylic acids is 1. The van der Waals surface area contributed by atoms with Crippen molar-refractivity contribution >= 4 is 5.91 Å². The number of benzene rings is 1. The number of H-pyrrole nitrogens is 1. The van der Waals surface area contributed by atoms with E-state index in [2.05, 4.69) is 32.2 Å². The van der Waals surface area contributed by atoms with Crippen molar-refractivity contribution in [1.29, 1.82) is 0 Å². The third kappa shape index (κ3) is 4.64. The Morgan fingerprint density at radius 1 is 1.20 bits per heavy atom. The lowest BCUT2D eigenvalue weighted by atomic mass is 10.1. The molecule has 1 fully saturated rings. The van der Waals surface area contributed by atoms with Gasteiger partial charge in [0.2, 0.25) is 0 Å². The molecular weight excluding hydrogens is 321 g/mol. The molecule has 0 aliphatic carbocycles. The van der Waals surface area contributed by atoms with Gasteiger partial charge in [0.15, 0.2) is 0 Å². The fourth-order valence-electron chi connectivity index (χ4n) is 2.96. The molecule has 1 aliphatic heterocycles. The van der Waals surface area contributed by atoms with E-state index in [4.69, 9.17) is 0 Å². The molecule has 2 heterocycles. The van der Waals surface area contributed by atoms with Gasteiger partial charge < -0.3 is 10.2 Å². The summed E-state index contributed by atoms with van der Waals surface area (Å²) in [6, 6.07) is 7.72. The molecule has 2 aromatic rings. The van der Waals surface area contributed by atoms with Gasteiger partial charge in [0, 0.05) is 44.8 Å². The Balaban J connectivity index is 1.47. The highest BCUT2D eigenvalue weighted by Crippen LogP contribution is 2.17. The van der Waals surface area contributed by atoms with Crippen molar-refractivity contribution in [2.45, 2.75) is 6.92 Å². The average molecular weight is 345 g/mol. The zero-order valence-electron chi connectivity index (χ0n) is 14.5. The number of hydrogen-bond acceptors (Lipinski definition) is 4. The molecule has 1 aliphatic rings. The summed E-state index contributed by atoms with van der Waals surface area (Å²) in [4.78, 5) is 17.0. The molecule has 0 unspecified atom stereocenters. The van der Waals surface area contributed by atoms with E-state index in [0.29, 0.717) is 17.9 Å². The van der Waals surface area contributed by atoms with Crippen LogP contribution >= 0.6 is 0 Å². The van der Waals surface area contributed by atoms with Gasteiger partial charge in [-0.25, -0.2) is 4.39 Å². The number of aromatic nitrogens is 2. The van der Waals surface area contributed by atoms with Gasteiger partial charge in [-0.15, -0.1) is 0 Å². The number of nitrogens with one attached hydrogen (secondary N) is 2. The second-order valence-corrected chi connectivity index (χ2v) is 6.21. The normalized spacial score (nSPS) is 16.1. The first-order chi connectivity index (χ1) is 12.2. The lowest BCUT2D eigenvalue weighted by molar-refractivity contribution is 0.0933. The minimum Gasteiger partial charge on any atom is -0.349 e. The Bertz CT molecular complexity index is 692. The van der Waals surface area contributed by atoms with Gasteiger partial charge in [-0.2, -0.15) is 5.10 Å². The molecule has 6 nitrogen and oxygen atoms in total. The first kappa shape index (κ1) is 17.6. The van der Waals surface area contributed by atoms with Crippen LogP contribution in [0.25, 0.3) is 11.3 Å². The number of rotatable bonds is 6. The molecule has 1 amide bonds. The molecule has 7 heteroatoms. The SMILES string of the molecule is CCN1CCN(CCNC(=O)c2cc(-c3ccc(F)cc3)n[nH]2)CC1. The van der Waals surface area contributed by atoms with Crippen LogP contribution in [0.15, 0.2) is 30.3 Å². The van der Waals surface area contributed by atoms with Gasteiger partial charge in [-0.05, 0) is 36.9 Å². The highest BCUT2D eigenvalue weighted by atomic mass is 19.1. The van der Waals surface area contributed by atoms with Gasteiger partial charge in [0.1, 0.15) is 11.5 Å². The Morgan fingerprint density at radius 3 is 2.56 bits per heavy atom. The first-order valence-electron chi connectivity index (χ1n) is 8.70. The highest BCUT2D eigenvalue weighted by molar-refractivity contribution is 5.93. The molecule has 1 aromatic heterocycles. The van der Waals surface area contributed by atoms with Crippen molar-refractivity contribution < 1.29 is 9.18 Å². The minimum atomic E-state index is -0.294. The number of hydrogen-bond donors (Lipinski definition) is 2. The summed E-state index contributed by atoms with van der Waals surface area (Å²) in [6.07, 6.45) is 0. The minimum absolute atomic E-state index is 0.173. The molecule has 1 saturated heterocycles. The number of carbonyl (C=O) groups is 1. The van der Waals surface area contributed by atoms with E-state index >= 15 is 0 Å². The fraction of sp³-hybridized carbons (Fsp3) is 0.444. The van der Waals surface area contributed by atoms with Crippen LogP contribution in [-0.4, -0.2) is 71.7 Å². The molecule has 3 rings (SSSR count). The Kier molecular flexibility index (Phi) is 5.78.